The number of aromatic amines is 2. The SMILES string of the molecule is CSCC[C@H](NC(=O)[C@H](CC(C)C)NC(=O)[C@H](Cc1c[nH]cn1)NC(=O)CNC(=O)[C@@H](NC(=O)[C@H](C)NC(=O)[C@H](Cc1c[nH]c2ccccc12)NC(=O)[C@H](CCC(N)=O)NC(=O)CN(NC(=O)CN1CCN(CC(=O)O)CCN(CC(=O)O)CCN(CC(=O)O)CC1)C(=O)c1ccc(N)cc1)C(C)C)C(N)=O. The lowest BCUT2D eigenvalue weighted by atomic mass is 10.0. The number of hydrazine groups is 1. The number of nitrogens with one attached hydrogen (secondary N) is 11. The second kappa shape index (κ2) is 43.6. The van der Waals surface area contributed by atoms with Gasteiger partial charge in [0.15, 0.2) is 0 Å². The van der Waals surface area contributed by atoms with Gasteiger partial charge in [-0.05, 0) is 85.9 Å². The molecule has 1 saturated heterocycles. The number of rotatable bonds is 40. The van der Waals surface area contributed by atoms with E-state index in [0.29, 0.717) is 32.9 Å². The number of aromatic nitrogens is 3. The molecule has 5 rings (SSSR count). The smallest absolute Gasteiger partial charge is 0.317 e. The summed E-state index contributed by atoms with van der Waals surface area (Å²) >= 11 is 1.44. The van der Waals surface area contributed by atoms with Gasteiger partial charge in [0, 0.05) is 106 Å². The first kappa shape index (κ1) is 86.9. The summed E-state index contributed by atoms with van der Waals surface area (Å²) in [5, 5.41) is 50.9. The number of nitrogens with zero attached hydrogens (tertiary/aromatic N) is 6. The van der Waals surface area contributed by atoms with Crippen molar-refractivity contribution in [3.05, 3.63) is 84.1 Å². The molecule has 4 aromatic rings. The maximum atomic E-state index is 14.7. The summed E-state index contributed by atoms with van der Waals surface area (Å²) in [7, 11) is 0. The van der Waals surface area contributed by atoms with E-state index in [0.717, 1.165) is 0 Å². The van der Waals surface area contributed by atoms with E-state index in [2.05, 4.69) is 62.9 Å². The summed E-state index contributed by atoms with van der Waals surface area (Å²) in [4.78, 5) is 218. The monoisotopic (exact) mass is 1520 g/mol. The van der Waals surface area contributed by atoms with E-state index in [9.17, 15) is 87.2 Å². The first-order chi connectivity index (χ1) is 50.7. The molecule has 2 aromatic heterocycles. The van der Waals surface area contributed by atoms with Gasteiger partial charge in [-0.15, -0.1) is 0 Å². The standard InChI is InChI=1S/C68H100N20O18S/c1-39(2)27-50(65(103)79-48(61(71)99)17-26-107-6)80-66(104)52(29-45-31-72-38-75-45)78-54(90)32-74-67(105)60(40(3)4)82-62(100)41(5)76-64(102)51(28-43-30-73-47-10-8-7-9-46(43)47)81-63(101)49(15-16-53(70)89)77-55(91)34-88(68(106)42-11-13-44(69)14-12-42)83-56(92)33-84-18-20-85(35-57(93)94)22-24-87(37-59(97)98)25-23-86(21-19-84)36-58(95)96/h7-14,30-31,38-41,48-52,60,73H,15-29,32-37,69H2,1-6H3,(H2,70,89)(H2,71,99)(H,72,75)(H,74,105)(H,76,102)(H,77,91)(H,78,90)(H,79,103)(H,80,104)(H,81,101)(H,82,100)(H,83,92)(H,93,94)(H,95,96)(H,97,98)/t41-,48-,49-,50-,51-,52-,60-/m0/s1. The Morgan fingerprint density at radius 3 is 1.63 bits per heavy atom. The third kappa shape index (κ3) is 30.7. The molecule has 1 aliphatic rings. The van der Waals surface area contributed by atoms with E-state index >= 15 is 0 Å². The van der Waals surface area contributed by atoms with Crippen molar-refractivity contribution in [3.63, 3.8) is 0 Å². The van der Waals surface area contributed by atoms with Gasteiger partial charge in [0.2, 0.25) is 59.1 Å². The number of hydrogen-bond donors (Lipinski definition) is 17. The summed E-state index contributed by atoms with van der Waals surface area (Å²) in [6.07, 6.45) is 5.23. The molecular formula is C68H100N20O18S. The highest BCUT2D eigenvalue weighted by Crippen LogP contribution is 2.20. The fourth-order valence-electron chi connectivity index (χ4n) is 11.4. The predicted molar refractivity (Wildman–Crippen MR) is 390 cm³/mol. The molecular weight excluding hydrogens is 1420 g/mol. The number of carbonyl (C=O) groups excluding carboxylic acids is 12. The molecule has 0 saturated carbocycles. The number of primary amides is 2. The molecule has 7 atom stereocenters. The molecule has 3 heterocycles. The van der Waals surface area contributed by atoms with Crippen LogP contribution in [0.2, 0.25) is 0 Å². The third-order valence-electron chi connectivity index (χ3n) is 17.1. The fourth-order valence-corrected chi connectivity index (χ4v) is 11.8. The highest BCUT2D eigenvalue weighted by Gasteiger charge is 2.35. The van der Waals surface area contributed by atoms with Gasteiger partial charge in [-0.2, -0.15) is 11.8 Å². The Bertz CT molecular complexity index is 3700. The van der Waals surface area contributed by atoms with Gasteiger partial charge in [-0.3, -0.25) is 96.9 Å². The Balaban J connectivity index is 1.33. The number of carboxylic acid groups (broad SMARTS) is 3. The number of hydrogen-bond acceptors (Lipinski definition) is 22. The van der Waals surface area contributed by atoms with Crippen LogP contribution in [0.5, 0.6) is 0 Å². The zero-order valence-electron chi connectivity index (χ0n) is 60.7. The van der Waals surface area contributed by atoms with E-state index in [-0.39, 0.29) is 95.2 Å². The Morgan fingerprint density at radius 1 is 0.570 bits per heavy atom. The van der Waals surface area contributed by atoms with Crippen LogP contribution in [0.4, 0.5) is 5.69 Å². The molecule has 1 fully saturated rings. The maximum absolute atomic E-state index is 14.7. The quantitative estimate of drug-likeness (QED) is 0.0148. The van der Waals surface area contributed by atoms with Crippen LogP contribution < -0.4 is 65.2 Å². The maximum Gasteiger partial charge on any atom is 0.317 e. The van der Waals surface area contributed by atoms with E-state index in [1.807, 2.05) is 20.1 Å². The number of benzene rings is 2. The highest BCUT2D eigenvalue weighted by atomic mass is 32.2. The van der Waals surface area contributed by atoms with Crippen molar-refractivity contribution in [2.24, 2.45) is 23.3 Å². The van der Waals surface area contributed by atoms with E-state index in [1.54, 1.807) is 54.1 Å². The lowest BCUT2D eigenvalue weighted by Crippen LogP contribution is -2.60. The summed E-state index contributed by atoms with van der Waals surface area (Å²) in [5.74, 6) is -14.4. The number of nitrogen functional groups attached to an aromatic ring is 1. The van der Waals surface area contributed by atoms with E-state index < -0.39 is 189 Å². The van der Waals surface area contributed by atoms with Crippen molar-refractivity contribution < 1.29 is 87.2 Å². The van der Waals surface area contributed by atoms with Crippen molar-refractivity contribution in [1.29, 1.82) is 0 Å². The normalized spacial score (nSPS) is 15.4. The van der Waals surface area contributed by atoms with Crippen LogP contribution in [0.15, 0.2) is 67.3 Å². The molecule has 39 heteroatoms. The number of fused-ring (bicyclic) bond motifs is 1. The van der Waals surface area contributed by atoms with Gasteiger partial charge < -0.3 is 85.0 Å². The van der Waals surface area contributed by atoms with Gasteiger partial charge in [-0.1, -0.05) is 45.9 Å². The van der Waals surface area contributed by atoms with E-state index in [4.69, 9.17) is 17.2 Å². The van der Waals surface area contributed by atoms with Crippen molar-refractivity contribution in [2.75, 3.05) is 109 Å². The number of para-hydroxylation sites is 1. The number of carbonyl (C=O) groups is 15. The van der Waals surface area contributed by atoms with Crippen LogP contribution in [0.25, 0.3) is 10.9 Å². The third-order valence-corrected chi connectivity index (χ3v) is 17.7. The first-order valence-corrected chi connectivity index (χ1v) is 36.1. The average molecular weight is 1520 g/mol. The number of amides is 12. The number of thioether (sulfide) groups is 1. The molecule has 0 aliphatic carbocycles. The van der Waals surface area contributed by atoms with Gasteiger partial charge in [-0.25, -0.2) is 9.99 Å². The predicted octanol–water partition coefficient (Wildman–Crippen LogP) is -4.36. The van der Waals surface area contributed by atoms with Crippen LogP contribution >= 0.6 is 11.8 Å². The van der Waals surface area contributed by atoms with Crippen LogP contribution in [-0.2, 0) is 80.0 Å². The second-order valence-electron chi connectivity index (χ2n) is 26.6. The van der Waals surface area contributed by atoms with E-state index in [1.165, 1.54) is 65.3 Å². The first-order valence-electron chi connectivity index (χ1n) is 34.7. The lowest BCUT2D eigenvalue weighted by Gasteiger charge is -2.33. The molecule has 2 aromatic carbocycles. The summed E-state index contributed by atoms with van der Waals surface area (Å²) < 4.78 is 0. The summed E-state index contributed by atoms with van der Waals surface area (Å²) in [6, 6.07) is 2.81. The molecule has 20 N–H and O–H groups in total. The van der Waals surface area contributed by atoms with Crippen LogP contribution in [0, 0.1) is 11.8 Å². The molecule has 586 valence electrons. The van der Waals surface area contributed by atoms with Gasteiger partial charge in [0.1, 0.15) is 48.8 Å². The Morgan fingerprint density at radius 2 is 1.09 bits per heavy atom. The van der Waals surface area contributed by atoms with Gasteiger partial charge in [0.05, 0.1) is 44.7 Å². The molecule has 0 radical (unpaired) electrons. The number of H-pyrrole nitrogens is 2. The van der Waals surface area contributed by atoms with Crippen LogP contribution in [0.1, 0.15) is 81.9 Å². The van der Waals surface area contributed by atoms with Crippen molar-refractivity contribution >= 4 is 117 Å². The number of nitrogens with two attached hydrogens (primary N) is 3. The number of anilines is 1. The molecule has 0 spiro atoms. The average Bonchev–Trinajstić information content (AvgIpc) is 1.28. The van der Waals surface area contributed by atoms with Crippen LogP contribution in [-0.4, -0.2) is 290 Å². The molecule has 0 bridgehead atoms. The summed E-state index contributed by atoms with van der Waals surface area (Å²) in [6.45, 7) is 5.06. The minimum atomic E-state index is -1.69. The largest absolute Gasteiger partial charge is 0.480 e. The zero-order valence-corrected chi connectivity index (χ0v) is 61.5. The minimum Gasteiger partial charge on any atom is -0.480 e. The number of imidazole rings is 1. The molecule has 0 unspecified atom stereocenters. The van der Waals surface area contributed by atoms with Crippen molar-refractivity contribution in [3.8, 4) is 0 Å². The zero-order chi connectivity index (χ0) is 79.0. The Kier molecular flexibility index (Phi) is 35.4. The second-order valence-corrected chi connectivity index (χ2v) is 27.6. The Labute approximate surface area is 621 Å². The van der Waals surface area contributed by atoms with Crippen molar-refractivity contribution in [1.82, 2.24) is 87.5 Å². The molecule has 38 nitrogen and oxygen atoms in total. The fraction of sp³-hybridized carbons (Fsp3) is 0.529. The van der Waals surface area contributed by atoms with Gasteiger partial charge >= 0.3 is 17.9 Å². The van der Waals surface area contributed by atoms with Crippen molar-refractivity contribution in [2.45, 2.75) is 115 Å². The molecule has 1 aliphatic heterocycles. The number of carboxylic acids is 3. The number of aliphatic carboxylic acids is 3. The minimum absolute atomic E-state index is 0.00681. The molecule has 12 amide bonds. The van der Waals surface area contributed by atoms with Crippen LogP contribution in [0.3, 0.4) is 0 Å². The Hall–Kier alpha value is -10.8. The van der Waals surface area contributed by atoms with Gasteiger partial charge in [0.25, 0.3) is 11.8 Å². The highest BCUT2D eigenvalue weighted by molar-refractivity contribution is 7.98. The molecule has 107 heavy (non-hydrogen) atoms. The lowest BCUT2D eigenvalue weighted by molar-refractivity contribution is -0.140. The topological polar surface area (TPSA) is 564 Å². The summed E-state index contributed by atoms with van der Waals surface area (Å²) in [5.41, 5.74) is 21.2.